The zero-order valence-electron chi connectivity index (χ0n) is 18.6. The van der Waals surface area contributed by atoms with Gasteiger partial charge in [-0.1, -0.05) is 66.7 Å². The molecule has 166 valence electrons. The van der Waals surface area contributed by atoms with Gasteiger partial charge in [-0.2, -0.15) is 0 Å². The van der Waals surface area contributed by atoms with Crippen LogP contribution in [0.3, 0.4) is 0 Å². The molecule has 0 bridgehead atoms. The zero-order valence-corrected chi connectivity index (χ0v) is 18.6. The maximum Gasteiger partial charge on any atom is 0.196 e. The Balaban J connectivity index is 1.66. The molecular weight excluding hydrogens is 424 g/mol. The van der Waals surface area contributed by atoms with E-state index in [-0.39, 0.29) is 10.9 Å². The fourth-order valence-corrected chi connectivity index (χ4v) is 4.73. The van der Waals surface area contributed by atoms with Crippen molar-refractivity contribution in [3.8, 4) is 0 Å². The van der Waals surface area contributed by atoms with Crippen molar-refractivity contribution < 1.29 is 4.42 Å². The van der Waals surface area contributed by atoms with Crippen molar-refractivity contribution in [2.24, 2.45) is 0 Å². The summed E-state index contributed by atoms with van der Waals surface area (Å²) in [5.74, 6) is 0. The Morgan fingerprint density at radius 2 is 1.47 bits per heavy atom. The summed E-state index contributed by atoms with van der Waals surface area (Å²) in [5, 5.41) is 5.01. The predicted octanol–water partition coefficient (Wildman–Crippen LogP) is 5.90. The number of fused-ring (bicyclic) bond motifs is 5. The Morgan fingerprint density at radius 3 is 2.24 bits per heavy atom. The molecule has 0 unspecified atom stereocenters. The summed E-state index contributed by atoms with van der Waals surface area (Å²) in [5.41, 5.74) is 5.02. The minimum Gasteiger partial charge on any atom is -0.453 e. The number of benzene rings is 5. The van der Waals surface area contributed by atoms with Gasteiger partial charge in [-0.15, -0.1) is 0 Å². The molecule has 1 heterocycles. The van der Waals surface area contributed by atoms with Gasteiger partial charge in [-0.3, -0.25) is 9.59 Å². The quantitative estimate of drug-likeness (QED) is 0.261. The molecule has 1 aromatic heterocycles. The Kier molecular flexibility index (Phi) is 4.69. The lowest BCUT2D eigenvalue weighted by Gasteiger charge is -2.14. The predicted molar refractivity (Wildman–Crippen MR) is 139 cm³/mol. The number of aryl methyl sites for hydroxylation is 1. The maximum atomic E-state index is 13.7. The van der Waals surface area contributed by atoms with Gasteiger partial charge in [-0.25, -0.2) is 0 Å². The Morgan fingerprint density at radius 1 is 0.765 bits per heavy atom. The molecule has 0 atom stereocenters. The average Bonchev–Trinajstić information content (AvgIpc) is 2.86. The van der Waals surface area contributed by atoms with E-state index in [0.29, 0.717) is 50.5 Å². The maximum absolute atomic E-state index is 13.7. The third-order valence-electron chi connectivity index (χ3n) is 6.44. The number of anilines is 1. The van der Waals surface area contributed by atoms with Crippen LogP contribution in [0.2, 0.25) is 0 Å². The summed E-state index contributed by atoms with van der Waals surface area (Å²) in [6.07, 6.45) is 0.784. The van der Waals surface area contributed by atoms with Crippen molar-refractivity contribution in [1.29, 1.82) is 0 Å². The molecule has 0 aliphatic carbocycles. The van der Waals surface area contributed by atoms with Crippen LogP contribution in [0.5, 0.6) is 0 Å². The number of rotatable bonds is 4. The van der Waals surface area contributed by atoms with Crippen LogP contribution in [-0.2, 0) is 6.42 Å². The zero-order chi connectivity index (χ0) is 23.2. The highest BCUT2D eigenvalue weighted by Crippen LogP contribution is 2.31. The highest BCUT2D eigenvalue weighted by molar-refractivity contribution is 6.14. The fraction of sp³-hybridized carbons (Fsp3) is 0.103. The second-order valence-electron chi connectivity index (χ2n) is 8.59. The molecule has 0 aliphatic heterocycles. The van der Waals surface area contributed by atoms with Crippen molar-refractivity contribution in [1.82, 2.24) is 4.98 Å². The van der Waals surface area contributed by atoms with Gasteiger partial charge in [0.1, 0.15) is 0 Å². The van der Waals surface area contributed by atoms with Crippen LogP contribution in [0, 0.1) is 6.92 Å². The first-order chi connectivity index (χ1) is 16.6. The molecular formula is C29H22N2O3. The van der Waals surface area contributed by atoms with Crippen LogP contribution in [0.25, 0.3) is 43.7 Å². The lowest BCUT2D eigenvalue weighted by atomic mass is 9.99. The summed E-state index contributed by atoms with van der Waals surface area (Å²) >= 11 is 0. The van der Waals surface area contributed by atoms with E-state index < -0.39 is 0 Å². The molecule has 0 spiro atoms. The van der Waals surface area contributed by atoms with E-state index in [0.717, 1.165) is 17.5 Å². The molecule has 2 N–H and O–H groups in total. The minimum absolute atomic E-state index is 0.160. The second-order valence-corrected chi connectivity index (χ2v) is 8.59. The largest absolute Gasteiger partial charge is 0.453 e. The molecule has 0 radical (unpaired) electrons. The Bertz CT molecular complexity index is 1830. The normalized spacial score (nSPS) is 11.6. The van der Waals surface area contributed by atoms with Crippen molar-refractivity contribution in [3.05, 3.63) is 110 Å². The first-order valence-electron chi connectivity index (χ1n) is 11.3. The number of H-pyrrole nitrogens is 1. The minimum atomic E-state index is -0.179. The van der Waals surface area contributed by atoms with Crippen LogP contribution in [-0.4, -0.2) is 11.5 Å². The van der Waals surface area contributed by atoms with Crippen LogP contribution in [0.1, 0.15) is 11.1 Å². The molecule has 0 fully saturated rings. The van der Waals surface area contributed by atoms with Gasteiger partial charge in [0.25, 0.3) is 0 Å². The summed E-state index contributed by atoms with van der Waals surface area (Å²) < 4.78 is 6.24. The highest BCUT2D eigenvalue weighted by atomic mass is 16.3. The summed E-state index contributed by atoms with van der Waals surface area (Å²) in [6, 6.07) is 24.8. The molecule has 5 heteroatoms. The Labute approximate surface area is 194 Å². The molecule has 34 heavy (non-hydrogen) atoms. The van der Waals surface area contributed by atoms with Gasteiger partial charge < -0.3 is 14.7 Å². The van der Waals surface area contributed by atoms with Crippen molar-refractivity contribution in [3.63, 3.8) is 0 Å². The molecule has 5 aromatic carbocycles. The summed E-state index contributed by atoms with van der Waals surface area (Å²) in [6.45, 7) is 2.59. The summed E-state index contributed by atoms with van der Waals surface area (Å²) in [4.78, 5) is 30.7. The SMILES string of the molecule is Cc1cccc2oc3cc(NCCc4ccccc4)c4c(=O)c5ccccc5c(=O)c4c3[nH]c12. The van der Waals surface area contributed by atoms with Gasteiger partial charge in [0.2, 0.25) is 0 Å². The molecule has 5 nitrogen and oxygen atoms in total. The number of para-hydroxylation sites is 1. The third kappa shape index (κ3) is 3.17. The number of aromatic nitrogens is 1. The molecule has 0 amide bonds. The topological polar surface area (TPSA) is 75.1 Å². The van der Waals surface area contributed by atoms with E-state index >= 15 is 0 Å². The highest BCUT2D eigenvalue weighted by Gasteiger charge is 2.19. The van der Waals surface area contributed by atoms with Crippen molar-refractivity contribution in [2.45, 2.75) is 13.3 Å². The lowest BCUT2D eigenvalue weighted by molar-refractivity contribution is 0.657. The van der Waals surface area contributed by atoms with Crippen LogP contribution < -0.4 is 16.2 Å². The molecule has 0 saturated heterocycles. The first kappa shape index (κ1) is 20.2. The van der Waals surface area contributed by atoms with Gasteiger partial charge in [0.05, 0.1) is 21.8 Å². The standard InChI is InChI=1S/C29H22N2O3/c1-17-8-7-13-22-26(17)31-27-23(34-22)16-21(30-15-14-18-9-3-2-4-10-18)24-25(27)29(33)20-12-6-5-11-19(20)28(24)32/h2-13,16,30-31H,14-15H2,1H3. The smallest absolute Gasteiger partial charge is 0.196 e. The van der Waals surface area contributed by atoms with Gasteiger partial charge in [-0.05, 0) is 30.5 Å². The number of hydrogen-bond acceptors (Lipinski definition) is 4. The van der Waals surface area contributed by atoms with Crippen molar-refractivity contribution in [2.75, 3.05) is 11.9 Å². The van der Waals surface area contributed by atoms with E-state index in [1.54, 1.807) is 24.3 Å². The van der Waals surface area contributed by atoms with Crippen molar-refractivity contribution >= 4 is 49.4 Å². The lowest BCUT2D eigenvalue weighted by Crippen LogP contribution is -2.16. The third-order valence-corrected chi connectivity index (χ3v) is 6.44. The van der Waals surface area contributed by atoms with E-state index in [1.165, 1.54) is 5.56 Å². The van der Waals surface area contributed by atoms with Crippen LogP contribution in [0.4, 0.5) is 5.69 Å². The number of nitrogens with one attached hydrogen (secondary N) is 2. The second kappa shape index (κ2) is 7.89. The van der Waals surface area contributed by atoms with E-state index in [2.05, 4.69) is 22.4 Å². The number of aromatic amines is 1. The molecule has 0 saturated carbocycles. The van der Waals surface area contributed by atoms with Gasteiger partial charge in [0.15, 0.2) is 22.0 Å². The van der Waals surface area contributed by atoms with E-state index in [4.69, 9.17) is 4.42 Å². The van der Waals surface area contributed by atoms with Gasteiger partial charge in [0, 0.05) is 29.1 Å². The average molecular weight is 447 g/mol. The fourth-order valence-electron chi connectivity index (χ4n) is 4.73. The summed E-state index contributed by atoms with van der Waals surface area (Å²) in [7, 11) is 0. The molecule has 6 rings (SSSR count). The molecule has 0 aliphatic rings. The van der Waals surface area contributed by atoms with Crippen LogP contribution in [0.15, 0.2) is 92.9 Å². The van der Waals surface area contributed by atoms with Gasteiger partial charge >= 0.3 is 0 Å². The van der Waals surface area contributed by atoms with E-state index in [1.807, 2.05) is 49.4 Å². The molecule has 6 aromatic rings. The number of hydrogen-bond donors (Lipinski definition) is 2. The first-order valence-corrected chi connectivity index (χ1v) is 11.3. The Hall–Kier alpha value is -4.38. The van der Waals surface area contributed by atoms with Crippen LogP contribution >= 0.6 is 0 Å². The monoisotopic (exact) mass is 446 g/mol. The van der Waals surface area contributed by atoms with E-state index in [9.17, 15) is 9.59 Å².